The van der Waals surface area contributed by atoms with E-state index >= 15 is 0 Å². The van der Waals surface area contributed by atoms with Crippen molar-refractivity contribution < 1.29 is 32.8 Å². The van der Waals surface area contributed by atoms with Gasteiger partial charge >= 0.3 is 13.8 Å². The Kier molecular flexibility index (Phi) is 49.2. The van der Waals surface area contributed by atoms with Crippen LogP contribution in [0, 0.1) is 0 Å². The SMILES string of the molecule is CCCCCC/C=C\C/C=C\CCCCCCCC(=O)OC(COCCCCCCCCCCCCCCCCCCCCCCCCCCCC)COP(=O)(O)OCCN. The first-order valence-electron chi connectivity index (χ1n) is 26.3. The molecular weight excluding hydrogens is 782 g/mol. The Hall–Kier alpha value is -1.02. The lowest BCUT2D eigenvalue weighted by Crippen LogP contribution is -2.28. The fourth-order valence-corrected chi connectivity index (χ4v) is 8.50. The van der Waals surface area contributed by atoms with Crippen LogP contribution in [0.5, 0.6) is 0 Å². The highest BCUT2D eigenvalue weighted by Crippen LogP contribution is 2.43. The van der Waals surface area contributed by atoms with Crippen molar-refractivity contribution in [3.8, 4) is 0 Å². The Labute approximate surface area is 378 Å². The predicted molar refractivity (Wildman–Crippen MR) is 261 cm³/mol. The molecule has 0 aromatic carbocycles. The largest absolute Gasteiger partial charge is 0.472 e. The monoisotopic (exact) mass is 884 g/mol. The number of hydrogen-bond donors (Lipinski definition) is 2. The van der Waals surface area contributed by atoms with Crippen LogP contribution in [-0.2, 0) is 27.9 Å². The van der Waals surface area contributed by atoms with E-state index in [0.29, 0.717) is 13.0 Å². The topological polar surface area (TPSA) is 117 Å². The van der Waals surface area contributed by atoms with Crippen LogP contribution in [0.1, 0.15) is 264 Å². The van der Waals surface area contributed by atoms with Crippen LogP contribution in [0.15, 0.2) is 24.3 Å². The Morgan fingerprint density at radius 3 is 1.30 bits per heavy atom. The molecule has 0 aromatic heterocycles. The standard InChI is InChI=1S/C52H102NO7P/c1-3-5-7-9-11-13-15-17-19-21-22-23-24-25-26-27-28-29-30-32-34-36-38-40-42-44-47-57-49-51(50-59-61(55,56)58-48-46-53)60-52(54)45-43-41-39-37-35-33-31-20-18-16-14-12-10-8-6-4-2/h14,16,20,31,51H,3-13,15,17-19,21-30,32-50,53H2,1-2H3,(H,55,56)/b16-14-,31-20-. The van der Waals surface area contributed by atoms with Gasteiger partial charge in [0.2, 0.25) is 0 Å². The fraction of sp³-hybridized carbons (Fsp3) is 0.904. The molecule has 0 aliphatic rings. The number of nitrogens with two attached hydrogens (primary N) is 1. The number of hydrogen-bond acceptors (Lipinski definition) is 7. The molecule has 0 fully saturated rings. The Morgan fingerprint density at radius 1 is 0.492 bits per heavy atom. The summed E-state index contributed by atoms with van der Waals surface area (Å²) in [5, 5.41) is 0. The third-order valence-electron chi connectivity index (χ3n) is 11.6. The van der Waals surface area contributed by atoms with Gasteiger partial charge in [-0.05, 0) is 44.9 Å². The van der Waals surface area contributed by atoms with Crippen molar-refractivity contribution in [3.63, 3.8) is 0 Å². The number of unbranched alkanes of at least 4 members (excludes halogenated alkanes) is 34. The van der Waals surface area contributed by atoms with Crippen molar-refractivity contribution in [1.29, 1.82) is 0 Å². The van der Waals surface area contributed by atoms with Crippen LogP contribution >= 0.6 is 7.82 Å². The van der Waals surface area contributed by atoms with E-state index in [2.05, 4.69) is 38.2 Å². The maximum absolute atomic E-state index is 12.6. The zero-order chi connectivity index (χ0) is 44.4. The second-order valence-corrected chi connectivity index (χ2v) is 19.2. The van der Waals surface area contributed by atoms with Crippen molar-refractivity contribution in [2.45, 2.75) is 270 Å². The minimum atomic E-state index is -4.28. The molecule has 0 aliphatic heterocycles. The van der Waals surface area contributed by atoms with E-state index in [-0.39, 0.29) is 32.3 Å². The summed E-state index contributed by atoms with van der Waals surface area (Å²) in [6.45, 7) is 4.94. The number of allylic oxidation sites excluding steroid dienone is 4. The molecule has 0 bridgehead atoms. The van der Waals surface area contributed by atoms with Gasteiger partial charge < -0.3 is 20.1 Å². The van der Waals surface area contributed by atoms with Crippen molar-refractivity contribution in [3.05, 3.63) is 24.3 Å². The van der Waals surface area contributed by atoms with Gasteiger partial charge in [0.25, 0.3) is 0 Å². The number of phosphoric ester groups is 1. The molecule has 362 valence electrons. The Balaban J connectivity index is 3.85. The minimum absolute atomic E-state index is 0.0960. The van der Waals surface area contributed by atoms with Gasteiger partial charge in [0.05, 0.1) is 19.8 Å². The summed E-state index contributed by atoms with van der Waals surface area (Å²) < 4.78 is 33.6. The average Bonchev–Trinajstić information content (AvgIpc) is 3.25. The third-order valence-corrected chi connectivity index (χ3v) is 12.6. The molecule has 0 heterocycles. The highest BCUT2D eigenvalue weighted by molar-refractivity contribution is 7.47. The summed E-state index contributed by atoms with van der Waals surface area (Å²) in [6, 6.07) is 0. The summed E-state index contributed by atoms with van der Waals surface area (Å²) in [5.74, 6) is -0.339. The first kappa shape index (κ1) is 60.0. The summed E-state index contributed by atoms with van der Waals surface area (Å²) >= 11 is 0. The Morgan fingerprint density at radius 2 is 0.869 bits per heavy atom. The second-order valence-electron chi connectivity index (χ2n) is 17.7. The van der Waals surface area contributed by atoms with E-state index in [9.17, 15) is 14.3 Å². The van der Waals surface area contributed by atoms with Crippen molar-refractivity contribution in [1.82, 2.24) is 0 Å². The van der Waals surface area contributed by atoms with Gasteiger partial charge in [-0.15, -0.1) is 0 Å². The first-order chi connectivity index (χ1) is 29.9. The highest BCUT2D eigenvalue weighted by Gasteiger charge is 2.25. The summed E-state index contributed by atoms with van der Waals surface area (Å²) in [7, 11) is -4.28. The van der Waals surface area contributed by atoms with Crippen LogP contribution in [-0.4, -0.2) is 49.9 Å². The van der Waals surface area contributed by atoms with Gasteiger partial charge in [0.1, 0.15) is 6.10 Å². The molecule has 8 nitrogen and oxygen atoms in total. The van der Waals surface area contributed by atoms with Gasteiger partial charge in [-0.2, -0.15) is 0 Å². The van der Waals surface area contributed by atoms with Gasteiger partial charge in [-0.3, -0.25) is 13.8 Å². The Bertz CT molecular complexity index is 993. The number of rotatable bonds is 51. The molecule has 0 saturated heterocycles. The van der Waals surface area contributed by atoms with Crippen LogP contribution in [0.3, 0.4) is 0 Å². The first-order valence-corrected chi connectivity index (χ1v) is 27.8. The summed E-state index contributed by atoms with van der Waals surface area (Å²) in [5.41, 5.74) is 5.39. The van der Waals surface area contributed by atoms with Crippen LogP contribution in [0.25, 0.3) is 0 Å². The van der Waals surface area contributed by atoms with E-state index in [1.807, 2.05) is 0 Å². The lowest BCUT2D eigenvalue weighted by Gasteiger charge is -2.20. The van der Waals surface area contributed by atoms with Gasteiger partial charge in [-0.1, -0.05) is 237 Å². The van der Waals surface area contributed by atoms with E-state index in [4.69, 9.17) is 24.3 Å². The predicted octanol–water partition coefficient (Wildman–Crippen LogP) is 16.4. The van der Waals surface area contributed by atoms with E-state index in [1.54, 1.807) is 0 Å². The van der Waals surface area contributed by atoms with Gasteiger partial charge in [0.15, 0.2) is 0 Å². The summed E-state index contributed by atoms with van der Waals surface area (Å²) in [4.78, 5) is 22.6. The normalized spacial score (nSPS) is 13.4. The highest BCUT2D eigenvalue weighted by atomic mass is 31.2. The second kappa shape index (κ2) is 50.0. The van der Waals surface area contributed by atoms with Crippen LogP contribution in [0.4, 0.5) is 0 Å². The van der Waals surface area contributed by atoms with E-state index in [1.165, 1.54) is 186 Å². The van der Waals surface area contributed by atoms with Crippen LogP contribution < -0.4 is 5.73 Å². The van der Waals surface area contributed by atoms with Gasteiger partial charge in [0, 0.05) is 19.6 Å². The molecule has 9 heteroatoms. The minimum Gasteiger partial charge on any atom is -0.457 e. The van der Waals surface area contributed by atoms with Crippen molar-refractivity contribution >= 4 is 13.8 Å². The molecule has 61 heavy (non-hydrogen) atoms. The molecule has 0 aliphatic carbocycles. The fourth-order valence-electron chi connectivity index (χ4n) is 7.74. The molecule has 0 radical (unpaired) electrons. The molecule has 3 N–H and O–H groups in total. The van der Waals surface area contributed by atoms with Crippen LogP contribution in [0.2, 0.25) is 0 Å². The zero-order valence-corrected chi connectivity index (χ0v) is 41.3. The summed E-state index contributed by atoms with van der Waals surface area (Å²) in [6.07, 6.45) is 58.0. The molecule has 0 aromatic rings. The number of carbonyl (C=O) groups excluding carboxylic acids is 1. The zero-order valence-electron chi connectivity index (χ0n) is 40.4. The lowest BCUT2D eigenvalue weighted by molar-refractivity contribution is -0.154. The number of esters is 1. The van der Waals surface area contributed by atoms with Crippen molar-refractivity contribution in [2.75, 3.05) is 33.0 Å². The molecule has 2 atom stereocenters. The van der Waals surface area contributed by atoms with Gasteiger partial charge in [-0.25, -0.2) is 4.57 Å². The number of phosphoric acid groups is 1. The molecule has 0 spiro atoms. The number of carbonyl (C=O) groups is 1. The quantitative estimate of drug-likeness (QED) is 0.0268. The maximum Gasteiger partial charge on any atom is 0.472 e. The number of ether oxygens (including phenoxy) is 2. The molecule has 0 amide bonds. The van der Waals surface area contributed by atoms with E-state index < -0.39 is 13.9 Å². The van der Waals surface area contributed by atoms with Crippen molar-refractivity contribution in [2.24, 2.45) is 5.73 Å². The maximum atomic E-state index is 12.6. The smallest absolute Gasteiger partial charge is 0.457 e. The third kappa shape index (κ3) is 49.8. The molecule has 0 rings (SSSR count). The molecule has 0 saturated carbocycles. The lowest BCUT2D eigenvalue weighted by atomic mass is 10.0. The average molecular weight is 884 g/mol. The molecular formula is C52H102NO7P. The van der Waals surface area contributed by atoms with E-state index in [0.717, 1.165) is 57.8 Å². The molecule has 2 unspecified atom stereocenters.